The second-order valence-electron chi connectivity index (χ2n) is 3.88. The zero-order chi connectivity index (χ0) is 13.2. The molecule has 18 heavy (non-hydrogen) atoms. The molecule has 1 aromatic carbocycles. The highest BCUT2D eigenvalue weighted by Crippen LogP contribution is 2.18. The van der Waals surface area contributed by atoms with Gasteiger partial charge < -0.3 is 5.73 Å². The fourth-order valence-electron chi connectivity index (χ4n) is 1.56. The van der Waals surface area contributed by atoms with Crippen LogP contribution in [0.2, 0.25) is 0 Å². The molecule has 0 fully saturated rings. The number of sulfonamides is 1. The van der Waals surface area contributed by atoms with Crippen LogP contribution in [0.25, 0.3) is 0 Å². The van der Waals surface area contributed by atoms with Crippen molar-refractivity contribution < 1.29 is 8.42 Å². The summed E-state index contributed by atoms with van der Waals surface area (Å²) < 4.78 is 26.6. The highest BCUT2D eigenvalue weighted by molar-refractivity contribution is 7.92. The number of rotatable bonds is 4. The fraction of sp³-hybridized carbons (Fsp3) is 0.182. The Labute approximate surface area is 105 Å². The maximum absolute atomic E-state index is 12.1. The summed E-state index contributed by atoms with van der Waals surface area (Å²) in [6.45, 7) is 2.20. The molecule has 0 saturated carbocycles. The number of nitrogens with two attached hydrogens (primary N) is 1. The van der Waals surface area contributed by atoms with Crippen molar-refractivity contribution in [3.63, 3.8) is 0 Å². The molecule has 1 heterocycles. The van der Waals surface area contributed by atoms with E-state index in [4.69, 9.17) is 5.73 Å². The number of H-pyrrole nitrogens is 1. The van der Waals surface area contributed by atoms with Gasteiger partial charge in [-0.05, 0) is 30.2 Å². The van der Waals surface area contributed by atoms with Crippen molar-refractivity contribution in [1.82, 2.24) is 10.2 Å². The fourth-order valence-corrected chi connectivity index (χ4v) is 2.64. The standard InChI is InChI=1S/C11H14N4O2S/c1-8-2-3-11(4-9(8)5-12)18(16,17)15-10-6-13-14-7-10/h2-4,6-7,15H,5,12H2,1H3,(H,13,14). The Bertz CT molecular complexity index is 635. The first kappa shape index (κ1) is 12.6. The first-order valence-corrected chi connectivity index (χ1v) is 6.82. The van der Waals surface area contributed by atoms with E-state index in [9.17, 15) is 8.42 Å². The number of anilines is 1. The third-order valence-electron chi connectivity index (χ3n) is 2.60. The largest absolute Gasteiger partial charge is 0.326 e. The molecule has 0 aliphatic heterocycles. The van der Waals surface area contributed by atoms with Gasteiger partial charge in [0.25, 0.3) is 10.0 Å². The molecule has 0 radical (unpaired) electrons. The van der Waals surface area contributed by atoms with Crippen LogP contribution in [-0.4, -0.2) is 18.6 Å². The monoisotopic (exact) mass is 266 g/mol. The van der Waals surface area contributed by atoms with Gasteiger partial charge in [0.1, 0.15) is 0 Å². The van der Waals surface area contributed by atoms with Gasteiger partial charge in [-0.3, -0.25) is 9.82 Å². The van der Waals surface area contributed by atoms with E-state index < -0.39 is 10.0 Å². The van der Waals surface area contributed by atoms with Crippen molar-refractivity contribution in [1.29, 1.82) is 0 Å². The van der Waals surface area contributed by atoms with Crippen LogP contribution < -0.4 is 10.5 Å². The van der Waals surface area contributed by atoms with Crippen LogP contribution in [0.5, 0.6) is 0 Å². The molecular weight excluding hydrogens is 252 g/mol. The molecule has 0 bridgehead atoms. The number of hydrogen-bond donors (Lipinski definition) is 3. The van der Waals surface area contributed by atoms with Gasteiger partial charge in [-0.1, -0.05) is 6.07 Å². The molecular formula is C11H14N4O2S. The first-order chi connectivity index (χ1) is 8.53. The van der Waals surface area contributed by atoms with E-state index in [-0.39, 0.29) is 4.90 Å². The average Bonchev–Trinajstić information content (AvgIpc) is 2.81. The quantitative estimate of drug-likeness (QED) is 0.767. The highest BCUT2D eigenvalue weighted by atomic mass is 32.2. The number of aryl methyl sites for hydroxylation is 1. The van der Waals surface area contributed by atoms with Crippen molar-refractivity contribution in [3.05, 3.63) is 41.7 Å². The van der Waals surface area contributed by atoms with Crippen LogP contribution in [0.15, 0.2) is 35.5 Å². The van der Waals surface area contributed by atoms with Crippen LogP contribution in [-0.2, 0) is 16.6 Å². The molecule has 0 saturated heterocycles. The van der Waals surface area contributed by atoms with Crippen molar-refractivity contribution in [2.75, 3.05) is 4.72 Å². The van der Waals surface area contributed by atoms with Crippen molar-refractivity contribution in [2.24, 2.45) is 5.73 Å². The molecule has 4 N–H and O–H groups in total. The van der Waals surface area contributed by atoms with Gasteiger partial charge in [0.15, 0.2) is 0 Å². The molecule has 0 atom stereocenters. The predicted molar refractivity (Wildman–Crippen MR) is 68.5 cm³/mol. The summed E-state index contributed by atoms with van der Waals surface area (Å²) in [6.07, 6.45) is 2.87. The Morgan fingerprint density at radius 2 is 2.22 bits per heavy atom. The average molecular weight is 266 g/mol. The summed E-state index contributed by atoms with van der Waals surface area (Å²) in [5.74, 6) is 0. The summed E-state index contributed by atoms with van der Waals surface area (Å²) in [6, 6.07) is 4.88. The lowest BCUT2D eigenvalue weighted by atomic mass is 10.1. The number of nitrogens with zero attached hydrogens (tertiary/aromatic N) is 1. The third-order valence-corrected chi connectivity index (χ3v) is 3.98. The number of hydrogen-bond acceptors (Lipinski definition) is 4. The molecule has 1 aromatic heterocycles. The summed E-state index contributed by atoms with van der Waals surface area (Å²) in [7, 11) is -3.60. The second-order valence-corrected chi connectivity index (χ2v) is 5.57. The highest BCUT2D eigenvalue weighted by Gasteiger charge is 2.15. The molecule has 0 spiro atoms. The third kappa shape index (κ3) is 2.52. The number of nitrogens with one attached hydrogen (secondary N) is 2. The van der Waals surface area contributed by atoms with Crippen LogP contribution in [0.3, 0.4) is 0 Å². The Morgan fingerprint density at radius 1 is 1.44 bits per heavy atom. The molecule has 7 heteroatoms. The van der Waals surface area contributed by atoms with E-state index in [0.29, 0.717) is 12.2 Å². The zero-order valence-electron chi connectivity index (χ0n) is 9.84. The number of aromatic nitrogens is 2. The molecule has 0 amide bonds. The smallest absolute Gasteiger partial charge is 0.262 e. The molecule has 2 rings (SSSR count). The van der Waals surface area contributed by atoms with Crippen LogP contribution >= 0.6 is 0 Å². The molecule has 0 aliphatic carbocycles. The number of benzene rings is 1. The maximum atomic E-state index is 12.1. The first-order valence-electron chi connectivity index (χ1n) is 5.34. The summed E-state index contributed by atoms with van der Waals surface area (Å²) in [5, 5.41) is 6.21. The Kier molecular flexibility index (Phi) is 3.35. The topological polar surface area (TPSA) is 101 Å². The van der Waals surface area contributed by atoms with E-state index in [0.717, 1.165) is 11.1 Å². The van der Waals surface area contributed by atoms with E-state index in [1.807, 2.05) is 6.92 Å². The van der Waals surface area contributed by atoms with Crippen molar-refractivity contribution >= 4 is 15.7 Å². The SMILES string of the molecule is Cc1ccc(S(=O)(=O)Nc2cn[nH]c2)cc1CN. The molecule has 0 aliphatic rings. The van der Waals surface area contributed by atoms with Crippen molar-refractivity contribution in [2.45, 2.75) is 18.4 Å². The Balaban J connectivity index is 2.35. The maximum Gasteiger partial charge on any atom is 0.262 e. The van der Waals surface area contributed by atoms with Crippen LogP contribution in [0.1, 0.15) is 11.1 Å². The van der Waals surface area contributed by atoms with Gasteiger partial charge in [0, 0.05) is 12.7 Å². The van der Waals surface area contributed by atoms with Gasteiger partial charge in [0.2, 0.25) is 0 Å². The van der Waals surface area contributed by atoms with Gasteiger partial charge in [-0.15, -0.1) is 0 Å². The van der Waals surface area contributed by atoms with E-state index in [1.165, 1.54) is 12.4 Å². The van der Waals surface area contributed by atoms with Crippen LogP contribution in [0.4, 0.5) is 5.69 Å². The second kappa shape index (κ2) is 4.79. The molecule has 0 unspecified atom stereocenters. The van der Waals surface area contributed by atoms with Gasteiger partial charge >= 0.3 is 0 Å². The lowest BCUT2D eigenvalue weighted by molar-refractivity contribution is 0.601. The van der Waals surface area contributed by atoms with Crippen LogP contribution in [0, 0.1) is 6.92 Å². The lowest BCUT2D eigenvalue weighted by Gasteiger charge is -2.09. The van der Waals surface area contributed by atoms with Gasteiger partial charge in [-0.25, -0.2) is 8.42 Å². The number of aromatic amines is 1. The molecule has 96 valence electrons. The Morgan fingerprint density at radius 3 is 2.83 bits per heavy atom. The summed E-state index contributed by atoms with van der Waals surface area (Å²) in [5.41, 5.74) is 7.74. The summed E-state index contributed by atoms with van der Waals surface area (Å²) in [4.78, 5) is 0.190. The van der Waals surface area contributed by atoms with E-state index >= 15 is 0 Å². The molecule has 6 nitrogen and oxygen atoms in total. The van der Waals surface area contributed by atoms with Gasteiger partial charge in [-0.2, -0.15) is 5.10 Å². The minimum atomic E-state index is -3.60. The minimum Gasteiger partial charge on any atom is -0.326 e. The Hall–Kier alpha value is -1.86. The predicted octanol–water partition coefficient (Wildman–Crippen LogP) is 0.978. The van der Waals surface area contributed by atoms with E-state index in [2.05, 4.69) is 14.9 Å². The lowest BCUT2D eigenvalue weighted by Crippen LogP contribution is -2.13. The van der Waals surface area contributed by atoms with Gasteiger partial charge in [0.05, 0.1) is 16.8 Å². The van der Waals surface area contributed by atoms with Crippen molar-refractivity contribution in [3.8, 4) is 0 Å². The van der Waals surface area contributed by atoms with E-state index in [1.54, 1.807) is 18.2 Å². The molecule has 2 aromatic rings. The summed E-state index contributed by atoms with van der Waals surface area (Å²) >= 11 is 0. The minimum absolute atomic E-state index is 0.190. The normalized spacial score (nSPS) is 11.4. The zero-order valence-corrected chi connectivity index (χ0v) is 10.7.